The zero-order valence-electron chi connectivity index (χ0n) is 12.9. The highest BCUT2D eigenvalue weighted by atomic mass is 35.5. The summed E-state index contributed by atoms with van der Waals surface area (Å²) < 4.78 is 5.26. The smallest absolute Gasteiger partial charge is 0.257 e. The van der Waals surface area contributed by atoms with Gasteiger partial charge in [0.15, 0.2) is 5.82 Å². The van der Waals surface area contributed by atoms with E-state index in [1.807, 2.05) is 19.1 Å². The fourth-order valence-electron chi connectivity index (χ4n) is 2.64. The number of hydrogen-bond acceptors (Lipinski definition) is 5. The number of carbonyl (C=O) groups excluding carboxylic acids is 1. The first-order chi connectivity index (χ1) is 11.1. The van der Waals surface area contributed by atoms with E-state index in [1.54, 1.807) is 12.1 Å². The number of halogens is 1. The van der Waals surface area contributed by atoms with Gasteiger partial charge in [0, 0.05) is 23.0 Å². The number of benzene rings is 1. The van der Waals surface area contributed by atoms with Gasteiger partial charge in [0.1, 0.15) is 0 Å². The molecule has 2 N–H and O–H groups in total. The molecule has 7 heteroatoms. The van der Waals surface area contributed by atoms with E-state index in [1.165, 1.54) is 0 Å². The van der Waals surface area contributed by atoms with E-state index in [9.17, 15) is 4.79 Å². The number of nitrogens with zero attached hydrogens (tertiary/aromatic N) is 2. The van der Waals surface area contributed by atoms with E-state index < -0.39 is 0 Å². The normalized spacial score (nSPS) is 18.8. The third-order valence-electron chi connectivity index (χ3n) is 3.89. The van der Waals surface area contributed by atoms with Gasteiger partial charge < -0.3 is 15.2 Å². The monoisotopic (exact) mass is 334 g/mol. The number of aromatic nitrogens is 2. The topological polar surface area (TPSA) is 80.0 Å². The Morgan fingerprint density at radius 2 is 2.26 bits per heavy atom. The second kappa shape index (κ2) is 7.10. The van der Waals surface area contributed by atoms with Crippen LogP contribution in [-0.2, 0) is 4.79 Å². The van der Waals surface area contributed by atoms with Crippen molar-refractivity contribution in [2.24, 2.45) is 0 Å². The Balaban J connectivity index is 1.60. The van der Waals surface area contributed by atoms with Gasteiger partial charge in [-0.1, -0.05) is 16.8 Å². The van der Waals surface area contributed by atoms with Gasteiger partial charge in [-0.3, -0.25) is 4.79 Å². The molecule has 1 aromatic heterocycles. The Bertz CT molecular complexity index is 665. The molecule has 1 fully saturated rings. The molecule has 0 bridgehead atoms. The average Bonchev–Trinajstić information content (AvgIpc) is 3.19. The van der Waals surface area contributed by atoms with Crippen LogP contribution in [0, 0.1) is 0 Å². The lowest BCUT2D eigenvalue weighted by atomic mass is 10.1. The molecule has 0 saturated carbocycles. The van der Waals surface area contributed by atoms with Crippen LogP contribution in [0.25, 0.3) is 11.5 Å². The highest BCUT2D eigenvalue weighted by Gasteiger charge is 2.21. The third kappa shape index (κ3) is 4.09. The number of hydrogen-bond donors (Lipinski definition) is 2. The molecular formula is C16H19ClN4O2. The van der Waals surface area contributed by atoms with Crippen LogP contribution in [-0.4, -0.2) is 28.6 Å². The molecular weight excluding hydrogens is 316 g/mol. The maximum atomic E-state index is 12.0. The van der Waals surface area contributed by atoms with Gasteiger partial charge in [-0.15, -0.1) is 0 Å². The summed E-state index contributed by atoms with van der Waals surface area (Å²) in [5.74, 6) is 0.868. The lowest BCUT2D eigenvalue weighted by Crippen LogP contribution is -2.33. The van der Waals surface area contributed by atoms with Crippen LogP contribution in [0.15, 0.2) is 28.8 Å². The second-order valence-corrected chi connectivity index (χ2v) is 6.19. The number of rotatable bonds is 5. The van der Waals surface area contributed by atoms with Gasteiger partial charge in [0.2, 0.25) is 5.91 Å². The van der Waals surface area contributed by atoms with Crippen LogP contribution in [0.4, 0.5) is 0 Å². The van der Waals surface area contributed by atoms with E-state index in [4.69, 9.17) is 16.1 Å². The summed E-state index contributed by atoms with van der Waals surface area (Å²) in [4.78, 5) is 16.4. The van der Waals surface area contributed by atoms with Crippen LogP contribution in [0.2, 0.25) is 5.02 Å². The first-order valence-electron chi connectivity index (χ1n) is 7.74. The predicted molar refractivity (Wildman–Crippen MR) is 86.9 cm³/mol. The highest BCUT2D eigenvalue weighted by molar-refractivity contribution is 6.30. The third-order valence-corrected chi connectivity index (χ3v) is 4.14. The van der Waals surface area contributed by atoms with Crippen molar-refractivity contribution in [1.29, 1.82) is 0 Å². The molecule has 6 nitrogen and oxygen atoms in total. The van der Waals surface area contributed by atoms with E-state index in [0.717, 1.165) is 24.9 Å². The predicted octanol–water partition coefficient (Wildman–Crippen LogP) is 2.71. The molecule has 3 rings (SSSR count). The first kappa shape index (κ1) is 16.0. The lowest BCUT2D eigenvalue weighted by molar-refractivity contribution is -0.122. The van der Waals surface area contributed by atoms with Crippen molar-refractivity contribution in [1.82, 2.24) is 20.8 Å². The van der Waals surface area contributed by atoms with Crippen molar-refractivity contribution in [3.63, 3.8) is 0 Å². The molecule has 1 amide bonds. The molecule has 122 valence electrons. The maximum Gasteiger partial charge on any atom is 0.257 e. The Morgan fingerprint density at radius 1 is 1.48 bits per heavy atom. The van der Waals surface area contributed by atoms with Crippen LogP contribution in [0.1, 0.15) is 38.1 Å². The van der Waals surface area contributed by atoms with Crippen molar-refractivity contribution < 1.29 is 9.32 Å². The fourth-order valence-corrected chi connectivity index (χ4v) is 2.77. The van der Waals surface area contributed by atoms with Crippen LogP contribution in [0.3, 0.4) is 0 Å². The number of amides is 1. The standard InChI is InChI=1S/C16H19ClN4O2/c1-10(19-14(22)9-13-3-2-8-18-13)15-20-16(23-21-15)11-4-6-12(17)7-5-11/h4-7,10,13,18H,2-3,8-9H2,1H3,(H,19,22). The van der Waals surface area contributed by atoms with Crippen LogP contribution < -0.4 is 10.6 Å². The summed E-state index contributed by atoms with van der Waals surface area (Å²) in [6.45, 7) is 2.83. The van der Waals surface area contributed by atoms with Crippen molar-refractivity contribution in [2.75, 3.05) is 6.54 Å². The lowest BCUT2D eigenvalue weighted by Gasteiger charge is -2.13. The summed E-state index contributed by atoms with van der Waals surface area (Å²) in [6.07, 6.45) is 2.65. The fraction of sp³-hybridized carbons (Fsp3) is 0.438. The second-order valence-electron chi connectivity index (χ2n) is 5.75. The van der Waals surface area contributed by atoms with E-state index in [0.29, 0.717) is 23.2 Å². The molecule has 2 unspecified atom stereocenters. The summed E-state index contributed by atoms with van der Waals surface area (Å²) in [5.41, 5.74) is 0.793. The minimum absolute atomic E-state index is 0.00487. The highest BCUT2D eigenvalue weighted by Crippen LogP contribution is 2.21. The Kier molecular flexibility index (Phi) is 4.93. The van der Waals surface area contributed by atoms with Crippen molar-refractivity contribution in [2.45, 2.75) is 38.3 Å². The molecule has 1 aromatic carbocycles. The molecule has 0 spiro atoms. The van der Waals surface area contributed by atoms with Crippen molar-refractivity contribution in [3.05, 3.63) is 35.1 Å². The van der Waals surface area contributed by atoms with E-state index in [2.05, 4.69) is 20.8 Å². The molecule has 2 heterocycles. The van der Waals surface area contributed by atoms with Gasteiger partial charge in [-0.05, 0) is 50.6 Å². The minimum atomic E-state index is -0.297. The zero-order chi connectivity index (χ0) is 16.2. The van der Waals surface area contributed by atoms with Gasteiger partial charge in [-0.2, -0.15) is 4.98 Å². The molecule has 1 saturated heterocycles. The van der Waals surface area contributed by atoms with E-state index in [-0.39, 0.29) is 18.0 Å². The minimum Gasteiger partial charge on any atom is -0.346 e. The summed E-state index contributed by atoms with van der Waals surface area (Å²) in [5, 5.41) is 10.8. The largest absolute Gasteiger partial charge is 0.346 e. The van der Waals surface area contributed by atoms with Crippen LogP contribution in [0.5, 0.6) is 0 Å². The molecule has 0 radical (unpaired) electrons. The van der Waals surface area contributed by atoms with E-state index >= 15 is 0 Å². The van der Waals surface area contributed by atoms with Crippen LogP contribution >= 0.6 is 11.6 Å². The summed E-state index contributed by atoms with van der Waals surface area (Å²) in [7, 11) is 0. The van der Waals surface area contributed by atoms with Gasteiger partial charge in [0.25, 0.3) is 5.89 Å². The quantitative estimate of drug-likeness (QED) is 0.878. The SMILES string of the molecule is CC(NC(=O)CC1CCCN1)c1noc(-c2ccc(Cl)cc2)n1. The van der Waals surface area contributed by atoms with Gasteiger partial charge in [0.05, 0.1) is 6.04 Å². The van der Waals surface area contributed by atoms with Crippen molar-refractivity contribution in [3.8, 4) is 11.5 Å². The number of nitrogens with one attached hydrogen (secondary N) is 2. The Hall–Kier alpha value is -1.92. The molecule has 2 aromatic rings. The molecule has 23 heavy (non-hydrogen) atoms. The molecule has 0 aliphatic carbocycles. The summed E-state index contributed by atoms with van der Waals surface area (Å²) >= 11 is 5.86. The van der Waals surface area contributed by atoms with Gasteiger partial charge in [-0.25, -0.2) is 0 Å². The molecule has 1 aliphatic rings. The van der Waals surface area contributed by atoms with Crippen molar-refractivity contribution >= 4 is 17.5 Å². The molecule has 2 atom stereocenters. The Morgan fingerprint density at radius 3 is 2.96 bits per heavy atom. The maximum absolute atomic E-state index is 12.0. The first-order valence-corrected chi connectivity index (χ1v) is 8.12. The van der Waals surface area contributed by atoms with Gasteiger partial charge >= 0.3 is 0 Å². The average molecular weight is 335 g/mol. The molecule has 1 aliphatic heterocycles. The summed E-state index contributed by atoms with van der Waals surface area (Å²) in [6, 6.07) is 7.13. The Labute approximate surface area is 139 Å². The zero-order valence-corrected chi connectivity index (χ0v) is 13.6. The number of carbonyl (C=O) groups is 1.